The number of esters is 1. The number of carbonyl (C=O) groups is 2. The Balaban J connectivity index is 1.69. The van der Waals surface area contributed by atoms with E-state index in [1.807, 2.05) is 0 Å². The molecule has 1 amide bonds. The van der Waals surface area contributed by atoms with Gasteiger partial charge in [0.2, 0.25) is 5.75 Å². The SMILES string of the molecule is COc1cc(C(=O)O[C@@H](C)C(=O)Nc2ccc(F)c(F)c2)cc2c1OCCO2. The van der Waals surface area contributed by atoms with E-state index in [0.717, 1.165) is 12.1 Å². The molecule has 0 radical (unpaired) electrons. The predicted molar refractivity (Wildman–Crippen MR) is 93.8 cm³/mol. The third-order valence-corrected chi connectivity index (χ3v) is 3.90. The van der Waals surface area contributed by atoms with Crippen molar-refractivity contribution in [1.29, 1.82) is 0 Å². The van der Waals surface area contributed by atoms with E-state index in [4.69, 9.17) is 18.9 Å². The molecule has 0 saturated heterocycles. The molecule has 0 fully saturated rings. The minimum atomic E-state index is -1.19. The van der Waals surface area contributed by atoms with Gasteiger partial charge in [-0.05, 0) is 31.2 Å². The van der Waals surface area contributed by atoms with E-state index in [0.29, 0.717) is 30.5 Å². The van der Waals surface area contributed by atoms with E-state index in [2.05, 4.69) is 5.32 Å². The Kier molecular flexibility index (Phi) is 5.62. The molecule has 3 rings (SSSR count). The van der Waals surface area contributed by atoms with E-state index < -0.39 is 29.6 Å². The smallest absolute Gasteiger partial charge is 0.339 e. The van der Waals surface area contributed by atoms with Crippen molar-refractivity contribution in [3.63, 3.8) is 0 Å². The molecular weight excluding hydrogens is 376 g/mol. The summed E-state index contributed by atoms with van der Waals surface area (Å²) < 4.78 is 47.4. The highest BCUT2D eigenvalue weighted by atomic mass is 19.2. The lowest BCUT2D eigenvalue weighted by molar-refractivity contribution is -0.123. The molecule has 28 heavy (non-hydrogen) atoms. The van der Waals surface area contributed by atoms with Crippen LogP contribution < -0.4 is 19.5 Å². The summed E-state index contributed by atoms with van der Waals surface area (Å²) >= 11 is 0. The highest BCUT2D eigenvalue weighted by Gasteiger charge is 2.24. The number of halogens is 2. The standard InChI is InChI=1S/C19H17F2NO6/c1-10(18(23)22-12-3-4-13(20)14(21)9-12)28-19(24)11-7-15(25-2)17-16(8-11)26-5-6-27-17/h3-4,7-10H,5-6H2,1-2H3,(H,22,23)/t10-/m0/s1. The van der Waals surface area contributed by atoms with Gasteiger partial charge in [0.15, 0.2) is 29.2 Å². The summed E-state index contributed by atoms with van der Waals surface area (Å²) in [6.45, 7) is 2.03. The molecule has 148 valence electrons. The van der Waals surface area contributed by atoms with Gasteiger partial charge in [0, 0.05) is 11.8 Å². The molecule has 2 aromatic rings. The van der Waals surface area contributed by atoms with Crippen LogP contribution in [0.25, 0.3) is 0 Å². The number of nitrogens with one attached hydrogen (secondary N) is 1. The average Bonchev–Trinajstić information content (AvgIpc) is 2.69. The van der Waals surface area contributed by atoms with Crippen LogP contribution in [0, 0.1) is 11.6 Å². The minimum Gasteiger partial charge on any atom is -0.493 e. The number of hydrogen-bond acceptors (Lipinski definition) is 6. The highest BCUT2D eigenvalue weighted by molar-refractivity contribution is 5.97. The van der Waals surface area contributed by atoms with Crippen molar-refractivity contribution in [3.8, 4) is 17.2 Å². The third kappa shape index (κ3) is 4.13. The van der Waals surface area contributed by atoms with Crippen LogP contribution in [0.3, 0.4) is 0 Å². The molecule has 0 aromatic heterocycles. The number of methoxy groups -OCH3 is 1. The molecule has 9 heteroatoms. The lowest BCUT2D eigenvalue weighted by atomic mass is 10.1. The van der Waals surface area contributed by atoms with Gasteiger partial charge in [-0.3, -0.25) is 4.79 Å². The van der Waals surface area contributed by atoms with Crippen LogP contribution in [0.15, 0.2) is 30.3 Å². The Labute approximate surface area is 159 Å². The van der Waals surface area contributed by atoms with Gasteiger partial charge in [0.05, 0.1) is 12.7 Å². The molecule has 1 atom stereocenters. The lowest BCUT2D eigenvalue weighted by Gasteiger charge is -2.21. The zero-order chi connectivity index (χ0) is 20.3. The van der Waals surface area contributed by atoms with E-state index in [-0.39, 0.29) is 11.3 Å². The first kappa shape index (κ1) is 19.4. The van der Waals surface area contributed by atoms with Crippen molar-refractivity contribution in [1.82, 2.24) is 0 Å². The summed E-state index contributed by atoms with van der Waals surface area (Å²) in [5.41, 5.74) is 0.140. The van der Waals surface area contributed by atoms with Crippen molar-refractivity contribution in [2.45, 2.75) is 13.0 Å². The van der Waals surface area contributed by atoms with Gasteiger partial charge in [-0.15, -0.1) is 0 Å². The molecule has 1 N–H and O–H groups in total. The van der Waals surface area contributed by atoms with Gasteiger partial charge < -0.3 is 24.3 Å². The number of benzene rings is 2. The Morgan fingerprint density at radius 2 is 1.86 bits per heavy atom. The fourth-order valence-electron chi connectivity index (χ4n) is 2.49. The molecule has 0 saturated carbocycles. The normalized spacial score (nSPS) is 13.4. The van der Waals surface area contributed by atoms with E-state index in [9.17, 15) is 18.4 Å². The third-order valence-electron chi connectivity index (χ3n) is 3.90. The van der Waals surface area contributed by atoms with Crippen molar-refractivity contribution >= 4 is 17.6 Å². The number of anilines is 1. The van der Waals surface area contributed by atoms with Crippen LogP contribution in [0.2, 0.25) is 0 Å². The Bertz CT molecular complexity index is 900. The first-order chi connectivity index (χ1) is 13.4. The van der Waals surface area contributed by atoms with Crippen LogP contribution in [-0.2, 0) is 9.53 Å². The molecule has 1 aliphatic rings. The number of carbonyl (C=O) groups excluding carboxylic acids is 2. The fourth-order valence-corrected chi connectivity index (χ4v) is 2.49. The van der Waals surface area contributed by atoms with Crippen LogP contribution in [-0.4, -0.2) is 38.3 Å². The molecule has 7 nitrogen and oxygen atoms in total. The predicted octanol–water partition coefficient (Wildman–Crippen LogP) is 2.93. The lowest BCUT2D eigenvalue weighted by Crippen LogP contribution is -2.30. The molecule has 0 spiro atoms. The van der Waals surface area contributed by atoms with Crippen LogP contribution in [0.1, 0.15) is 17.3 Å². The molecule has 0 aliphatic carbocycles. The number of fused-ring (bicyclic) bond motifs is 1. The highest BCUT2D eigenvalue weighted by Crippen LogP contribution is 2.40. The molecule has 1 heterocycles. The van der Waals surface area contributed by atoms with Crippen molar-refractivity contribution < 1.29 is 37.3 Å². The molecular formula is C19H17F2NO6. The fraction of sp³-hybridized carbons (Fsp3) is 0.263. The van der Waals surface area contributed by atoms with Gasteiger partial charge in [-0.25, -0.2) is 13.6 Å². The summed E-state index contributed by atoms with van der Waals surface area (Å²) in [7, 11) is 1.42. The van der Waals surface area contributed by atoms with Gasteiger partial charge in [-0.1, -0.05) is 0 Å². The maximum Gasteiger partial charge on any atom is 0.339 e. The number of hydrogen-bond donors (Lipinski definition) is 1. The van der Waals surface area contributed by atoms with Gasteiger partial charge in [0.1, 0.15) is 13.2 Å². The summed E-state index contributed by atoms with van der Waals surface area (Å²) in [4.78, 5) is 24.6. The minimum absolute atomic E-state index is 0.0350. The van der Waals surface area contributed by atoms with Crippen LogP contribution >= 0.6 is 0 Å². The number of amides is 1. The van der Waals surface area contributed by atoms with Gasteiger partial charge in [0.25, 0.3) is 5.91 Å². The first-order valence-corrected chi connectivity index (χ1v) is 8.33. The van der Waals surface area contributed by atoms with Crippen molar-refractivity contribution in [2.75, 3.05) is 25.6 Å². The second kappa shape index (κ2) is 8.12. The monoisotopic (exact) mass is 393 g/mol. The van der Waals surface area contributed by atoms with Gasteiger partial charge >= 0.3 is 5.97 Å². The molecule has 1 aliphatic heterocycles. The molecule has 2 aromatic carbocycles. The Morgan fingerprint density at radius 3 is 2.57 bits per heavy atom. The summed E-state index contributed by atoms with van der Waals surface area (Å²) in [5.74, 6) is -2.63. The Morgan fingerprint density at radius 1 is 1.11 bits per heavy atom. The summed E-state index contributed by atoms with van der Waals surface area (Å²) in [6.07, 6.45) is -1.19. The van der Waals surface area contributed by atoms with Crippen molar-refractivity contribution in [2.24, 2.45) is 0 Å². The largest absolute Gasteiger partial charge is 0.493 e. The summed E-state index contributed by atoms with van der Waals surface area (Å²) in [6, 6.07) is 5.74. The second-order valence-electron chi connectivity index (χ2n) is 5.87. The van der Waals surface area contributed by atoms with E-state index in [1.54, 1.807) is 0 Å². The quantitative estimate of drug-likeness (QED) is 0.787. The molecule has 0 bridgehead atoms. The topological polar surface area (TPSA) is 83.1 Å². The van der Waals surface area contributed by atoms with Gasteiger partial charge in [-0.2, -0.15) is 0 Å². The maximum absolute atomic E-state index is 13.2. The zero-order valence-corrected chi connectivity index (χ0v) is 15.1. The van der Waals surface area contributed by atoms with Crippen LogP contribution in [0.4, 0.5) is 14.5 Å². The van der Waals surface area contributed by atoms with E-state index >= 15 is 0 Å². The summed E-state index contributed by atoms with van der Waals surface area (Å²) in [5, 5.41) is 2.35. The Hall–Kier alpha value is -3.36. The van der Waals surface area contributed by atoms with E-state index in [1.165, 1.54) is 32.2 Å². The first-order valence-electron chi connectivity index (χ1n) is 8.33. The number of ether oxygens (including phenoxy) is 4. The zero-order valence-electron chi connectivity index (χ0n) is 15.1. The van der Waals surface area contributed by atoms with Crippen LogP contribution in [0.5, 0.6) is 17.2 Å². The van der Waals surface area contributed by atoms with Crippen molar-refractivity contribution in [3.05, 3.63) is 47.5 Å². The second-order valence-corrected chi connectivity index (χ2v) is 5.87. The maximum atomic E-state index is 13.2. The average molecular weight is 393 g/mol. The number of rotatable bonds is 5. The molecule has 0 unspecified atom stereocenters.